The third-order valence-corrected chi connectivity index (χ3v) is 5.33. The molecule has 0 N–H and O–H groups in total. The van der Waals surface area contributed by atoms with Gasteiger partial charge in [-0.1, -0.05) is 11.6 Å². The zero-order chi connectivity index (χ0) is 15.0. The Bertz CT molecular complexity index is 513. The van der Waals surface area contributed by atoms with Crippen molar-refractivity contribution in [1.29, 1.82) is 0 Å². The Morgan fingerprint density at radius 2 is 1.86 bits per heavy atom. The monoisotopic (exact) mass is 309 g/mol. The number of piperazine rings is 1. The second-order valence-corrected chi connectivity index (χ2v) is 6.87. The molecule has 0 saturated carbocycles. The second-order valence-electron chi connectivity index (χ2n) is 6.46. The van der Waals surface area contributed by atoms with E-state index in [1.54, 1.807) is 6.20 Å². The largest absolute Gasteiger partial charge is 0.352 e. The fraction of sp³-hybridized carbons (Fsp3) is 0.733. The molecule has 6 heteroatoms. The minimum Gasteiger partial charge on any atom is -0.352 e. The number of halogens is 1. The highest BCUT2D eigenvalue weighted by molar-refractivity contribution is 6.32. The fourth-order valence-corrected chi connectivity index (χ4v) is 3.69. The number of anilines is 1. The van der Waals surface area contributed by atoms with Gasteiger partial charge in [0.2, 0.25) is 0 Å². The number of likely N-dealkylation sites (N-methyl/N-ethyl adjacent to an activating group) is 1. The number of piperidine rings is 1. The molecule has 2 aliphatic heterocycles. The Kier molecular flexibility index (Phi) is 4.08. The van der Waals surface area contributed by atoms with Crippen molar-refractivity contribution in [1.82, 2.24) is 19.8 Å². The molecule has 5 nitrogen and oxygen atoms in total. The Labute approximate surface area is 131 Å². The zero-order valence-electron chi connectivity index (χ0n) is 13.1. The molecule has 0 atom stereocenters. The summed E-state index contributed by atoms with van der Waals surface area (Å²) in [5.41, 5.74) is 0.257. The van der Waals surface area contributed by atoms with Gasteiger partial charge in [-0.25, -0.2) is 9.97 Å². The number of aromatic nitrogens is 2. The lowest BCUT2D eigenvalue weighted by Crippen LogP contribution is -2.64. The molecular weight excluding hydrogens is 286 g/mol. The zero-order valence-corrected chi connectivity index (χ0v) is 13.9. The van der Waals surface area contributed by atoms with E-state index in [9.17, 15) is 0 Å². The maximum atomic E-state index is 6.33. The van der Waals surface area contributed by atoms with E-state index in [0.717, 1.165) is 44.4 Å². The molecule has 0 bridgehead atoms. The van der Waals surface area contributed by atoms with Crippen LogP contribution in [-0.2, 0) is 0 Å². The predicted molar refractivity (Wildman–Crippen MR) is 86.1 cm³/mol. The highest BCUT2D eigenvalue weighted by Gasteiger charge is 2.42. The second kappa shape index (κ2) is 5.71. The quantitative estimate of drug-likeness (QED) is 0.788. The first kappa shape index (κ1) is 15.0. The summed E-state index contributed by atoms with van der Waals surface area (Å²) in [6, 6.07) is 0. The fourth-order valence-electron chi connectivity index (χ4n) is 3.48. The van der Waals surface area contributed by atoms with E-state index in [-0.39, 0.29) is 5.54 Å². The minimum atomic E-state index is 0.257. The molecule has 0 unspecified atom stereocenters. The molecule has 21 heavy (non-hydrogen) atoms. The van der Waals surface area contributed by atoms with Crippen LogP contribution < -0.4 is 4.90 Å². The topological polar surface area (TPSA) is 35.5 Å². The smallest absolute Gasteiger partial charge is 0.151 e. The number of nitrogens with zero attached hydrogens (tertiary/aromatic N) is 5. The van der Waals surface area contributed by atoms with Crippen molar-refractivity contribution in [3.63, 3.8) is 0 Å². The van der Waals surface area contributed by atoms with Crippen LogP contribution in [0, 0.1) is 6.92 Å². The lowest BCUT2D eigenvalue weighted by atomic mass is 9.84. The van der Waals surface area contributed by atoms with Gasteiger partial charge in [-0.05, 0) is 47.0 Å². The summed E-state index contributed by atoms with van der Waals surface area (Å²) < 4.78 is 0. The van der Waals surface area contributed by atoms with Crippen molar-refractivity contribution in [3.05, 3.63) is 17.0 Å². The van der Waals surface area contributed by atoms with E-state index in [2.05, 4.69) is 38.8 Å². The molecular formula is C15H24ClN5. The molecule has 2 fully saturated rings. The highest BCUT2D eigenvalue weighted by atomic mass is 35.5. The standard InChI is InChI=1S/C15H24ClN5/c1-12-17-10-13(16)14(18-12)21-9-8-20(3)15(11-21)4-6-19(2)7-5-15/h10H,4-9,11H2,1-3H3. The number of aryl methyl sites for hydroxylation is 1. The van der Waals surface area contributed by atoms with Gasteiger partial charge < -0.3 is 9.80 Å². The van der Waals surface area contributed by atoms with E-state index in [1.807, 2.05) is 6.92 Å². The van der Waals surface area contributed by atoms with Crippen LogP contribution in [0.2, 0.25) is 5.02 Å². The van der Waals surface area contributed by atoms with Crippen LogP contribution in [-0.4, -0.2) is 72.1 Å². The third-order valence-electron chi connectivity index (χ3n) is 5.06. The first-order chi connectivity index (χ1) is 10.00. The summed E-state index contributed by atoms with van der Waals surface area (Å²) in [7, 11) is 4.47. The van der Waals surface area contributed by atoms with E-state index in [0.29, 0.717) is 5.02 Å². The average molecular weight is 310 g/mol. The van der Waals surface area contributed by atoms with Crippen LogP contribution in [0.15, 0.2) is 6.20 Å². The Balaban J connectivity index is 1.84. The SMILES string of the molecule is Cc1ncc(Cl)c(N2CCN(C)C3(CCN(C)CC3)C2)n1. The van der Waals surface area contributed by atoms with Crippen LogP contribution >= 0.6 is 11.6 Å². The first-order valence-corrected chi connectivity index (χ1v) is 8.02. The molecule has 3 heterocycles. The predicted octanol–water partition coefficient (Wildman–Crippen LogP) is 1.65. The summed E-state index contributed by atoms with van der Waals surface area (Å²) in [6.45, 7) is 7.28. The van der Waals surface area contributed by atoms with E-state index in [1.165, 1.54) is 12.8 Å². The minimum absolute atomic E-state index is 0.257. The number of rotatable bonds is 1. The molecule has 0 amide bonds. The maximum Gasteiger partial charge on any atom is 0.151 e. The maximum absolute atomic E-state index is 6.33. The summed E-state index contributed by atoms with van der Waals surface area (Å²) in [5.74, 6) is 1.68. The molecule has 116 valence electrons. The molecule has 2 aliphatic rings. The summed E-state index contributed by atoms with van der Waals surface area (Å²) in [4.78, 5) is 16.1. The van der Waals surface area contributed by atoms with Crippen molar-refractivity contribution in [3.8, 4) is 0 Å². The van der Waals surface area contributed by atoms with Crippen LogP contribution in [0.5, 0.6) is 0 Å². The van der Waals surface area contributed by atoms with Crippen LogP contribution in [0.3, 0.4) is 0 Å². The molecule has 1 aromatic heterocycles. The molecule has 1 spiro atoms. The van der Waals surface area contributed by atoms with Crippen molar-refractivity contribution < 1.29 is 0 Å². The van der Waals surface area contributed by atoms with Crippen molar-refractivity contribution in [2.45, 2.75) is 25.3 Å². The third kappa shape index (κ3) is 2.87. The van der Waals surface area contributed by atoms with E-state index < -0.39 is 0 Å². The van der Waals surface area contributed by atoms with E-state index in [4.69, 9.17) is 11.6 Å². The lowest BCUT2D eigenvalue weighted by molar-refractivity contribution is 0.0383. The van der Waals surface area contributed by atoms with Gasteiger partial charge in [0.05, 0.1) is 6.20 Å². The van der Waals surface area contributed by atoms with Crippen molar-refractivity contribution in [2.75, 3.05) is 51.7 Å². The van der Waals surface area contributed by atoms with Crippen LogP contribution in [0.4, 0.5) is 5.82 Å². The summed E-state index contributed by atoms with van der Waals surface area (Å²) in [5, 5.41) is 0.660. The number of hydrogen-bond donors (Lipinski definition) is 0. The Hall–Kier alpha value is -0.910. The van der Waals surface area contributed by atoms with Crippen molar-refractivity contribution in [2.24, 2.45) is 0 Å². The van der Waals surface area contributed by atoms with Crippen LogP contribution in [0.25, 0.3) is 0 Å². The number of likely N-dealkylation sites (tertiary alicyclic amines) is 1. The highest BCUT2D eigenvalue weighted by Crippen LogP contribution is 2.34. The summed E-state index contributed by atoms with van der Waals surface area (Å²) in [6.07, 6.45) is 4.13. The first-order valence-electron chi connectivity index (χ1n) is 7.64. The lowest BCUT2D eigenvalue weighted by Gasteiger charge is -2.53. The van der Waals surface area contributed by atoms with Crippen molar-refractivity contribution >= 4 is 17.4 Å². The Morgan fingerprint density at radius 1 is 1.14 bits per heavy atom. The molecule has 2 saturated heterocycles. The Morgan fingerprint density at radius 3 is 2.57 bits per heavy atom. The summed E-state index contributed by atoms with van der Waals surface area (Å²) >= 11 is 6.33. The van der Waals surface area contributed by atoms with Gasteiger partial charge in [0.25, 0.3) is 0 Å². The van der Waals surface area contributed by atoms with Gasteiger partial charge in [0, 0.05) is 25.2 Å². The molecule has 0 aromatic carbocycles. The average Bonchev–Trinajstić information content (AvgIpc) is 2.48. The molecule has 0 radical (unpaired) electrons. The van der Waals surface area contributed by atoms with Gasteiger partial charge in [0.1, 0.15) is 10.8 Å². The van der Waals surface area contributed by atoms with Crippen LogP contribution in [0.1, 0.15) is 18.7 Å². The normalized spacial score (nSPS) is 23.7. The molecule has 1 aromatic rings. The van der Waals surface area contributed by atoms with E-state index >= 15 is 0 Å². The molecule has 3 rings (SSSR count). The van der Waals surface area contributed by atoms with Gasteiger partial charge >= 0.3 is 0 Å². The molecule has 0 aliphatic carbocycles. The van der Waals surface area contributed by atoms with Gasteiger partial charge in [0.15, 0.2) is 5.82 Å². The van der Waals surface area contributed by atoms with Gasteiger partial charge in [-0.2, -0.15) is 0 Å². The number of hydrogen-bond acceptors (Lipinski definition) is 5. The van der Waals surface area contributed by atoms with Gasteiger partial charge in [-0.15, -0.1) is 0 Å². The van der Waals surface area contributed by atoms with Gasteiger partial charge in [-0.3, -0.25) is 4.90 Å².